The number of benzene rings is 4. The molecule has 0 fully saturated rings. The van der Waals surface area contributed by atoms with Crippen molar-refractivity contribution >= 4 is 28.0 Å². The molecule has 6 rings (SSSR count). The molecule has 0 aliphatic rings. The summed E-state index contributed by atoms with van der Waals surface area (Å²) in [5, 5.41) is 9.60. The number of rotatable bonds is 7. The van der Waals surface area contributed by atoms with Gasteiger partial charge in [0.15, 0.2) is 0 Å². The van der Waals surface area contributed by atoms with Gasteiger partial charge in [0.2, 0.25) is 0 Å². The van der Waals surface area contributed by atoms with Gasteiger partial charge in [-0.15, -0.1) is 0 Å². The molecule has 7 heteroatoms. The molecular formula is C33H31N4NaO2. The zero-order chi connectivity index (χ0) is 27.1. The number of carboxylic acid groups (broad SMARTS) is 1. The third-order valence-electron chi connectivity index (χ3n) is 7.41. The fourth-order valence-electron chi connectivity index (χ4n) is 5.46. The van der Waals surface area contributed by atoms with E-state index in [1.54, 1.807) is 12.1 Å². The fraction of sp³-hybridized carbons (Fsp3) is 0.182. The first-order chi connectivity index (χ1) is 18.9. The van der Waals surface area contributed by atoms with Gasteiger partial charge in [-0.3, -0.25) is 0 Å². The van der Waals surface area contributed by atoms with Gasteiger partial charge in [-0.2, -0.15) is 0 Å². The van der Waals surface area contributed by atoms with Gasteiger partial charge in [0, 0.05) is 25.6 Å². The molecule has 0 spiro atoms. The topological polar surface area (TPSA) is 72.9 Å². The maximum atomic E-state index is 11.7. The third-order valence-corrected chi connectivity index (χ3v) is 7.41. The largest absolute Gasteiger partial charge is 1.00 e. The molecule has 6 nitrogen and oxygen atoms in total. The van der Waals surface area contributed by atoms with Gasteiger partial charge in [0.25, 0.3) is 0 Å². The van der Waals surface area contributed by atoms with Crippen LogP contribution in [0.25, 0.3) is 44.6 Å². The number of aromatic carboxylic acids is 1. The Balaban J connectivity index is 0.00000194. The van der Waals surface area contributed by atoms with Crippen LogP contribution in [-0.4, -0.2) is 30.2 Å². The molecular weight excluding hydrogens is 507 g/mol. The van der Waals surface area contributed by atoms with Gasteiger partial charge < -0.3 is 15.7 Å². The Morgan fingerprint density at radius 2 is 1.62 bits per heavy atom. The van der Waals surface area contributed by atoms with Crippen LogP contribution in [0.2, 0.25) is 0 Å². The van der Waals surface area contributed by atoms with Crippen LogP contribution in [0.3, 0.4) is 0 Å². The molecule has 1 N–H and O–H groups in total. The molecule has 0 radical (unpaired) electrons. The molecule has 2 heterocycles. The van der Waals surface area contributed by atoms with Gasteiger partial charge in [0.05, 0.1) is 27.6 Å². The molecule has 0 aliphatic carbocycles. The van der Waals surface area contributed by atoms with Crippen LogP contribution < -0.4 is 29.6 Å². The van der Waals surface area contributed by atoms with Crippen molar-refractivity contribution in [3.8, 4) is 22.5 Å². The SMILES string of the molecule is CCCc1nc2c(C)cc(-c3nc4ccccc4n3C)cc2n1Cc1ccc(-c2ccccc2C(=O)O)cc1.[H-].[Na+]. The normalized spacial score (nSPS) is 11.2. The van der Waals surface area contributed by atoms with E-state index in [1.165, 1.54) is 0 Å². The number of aromatic nitrogens is 4. The van der Waals surface area contributed by atoms with Crippen LogP contribution in [0.1, 0.15) is 42.1 Å². The van der Waals surface area contributed by atoms with E-state index in [9.17, 15) is 9.90 Å². The fourth-order valence-corrected chi connectivity index (χ4v) is 5.46. The molecule has 0 atom stereocenters. The number of imidazole rings is 2. The summed E-state index contributed by atoms with van der Waals surface area (Å²) < 4.78 is 4.47. The number of para-hydroxylation sites is 2. The molecule has 40 heavy (non-hydrogen) atoms. The molecule has 6 aromatic rings. The average molecular weight is 539 g/mol. The standard InChI is InChI=1S/C33H30N4O2.Na.H/c1-4-9-30-35-31-21(2)18-24(32-34-27-12-7-8-13-28(27)36(32)3)19-29(31)37(30)20-22-14-16-23(17-15-22)25-10-5-6-11-26(25)33(38)39;;/h5-8,10-19H,4,9,20H2,1-3H3,(H,38,39);;/q;+1;-1. The Morgan fingerprint density at radius 1 is 0.900 bits per heavy atom. The number of hydrogen-bond acceptors (Lipinski definition) is 3. The number of carboxylic acids is 1. The minimum Gasteiger partial charge on any atom is -1.00 e. The molecule has 0 saturated carbocycles. The van der Waals surface area contributed by atoms with E-state index in [0.29, 0.717) is 12.1 Å². The Labute approximate surface area is 257 Å². The van der Waals surface area contributed by atoms with E-state index in [-0.39, 0.29) is 31.0 Å². The summed E-state index contributed by atoms with van der Waals surface area (Å²) >= 11 is 0. The van der Waals surface area contributed by atoms with E-state index in [1.807, 2.05) is 42.5 Å². The predicted molar refractivity (Wildman–Crippen MR) is 157 cm³/mol. The summed E-state index contributed by atoms with van der Waals surface area (Å²) in [5.41, 5.74) is 9.46. The van der Waals surface area contributed by atoms with Crippen LogP contribution in [0, 0.1) is 6.92 Å². The van der Waals surface area contributed by atoms with Gasteiger partial charge >= 0.3 is 35.5 Å². The van der Waals surface area contributed by atoms with Gasteiger partial charge in [-0.25, -0.2) is 14.8 Å². The minimum absolute atomic E-state index is 0. The van der Waals surface area contributed by atoms with Crippen LogP contribution in [0.15, 0.2) is 84.9 Å². The number of nitrogens with zero attached hydrogens (tertiary/aromatic N) is 4. The van der Waals surface area contributed by atoms with Crippen molar-refractivity contribution in [3.05, 3.63) is 107 Å². The van der Waals surface area contributed by atoms with Crippen molar-refractivity contribution in [1.29, 1.82) is 0 Å². The molecule has 4 aromatic carbocycles. The van der Waals surface area contributed by atoms with Crippen LogP contribution in [0.5, 0.6) is 0 Å². The second-order valence-corrected chi connectivity index (χ2v) is 10.1. The summed E-state index contributed by atoms with van der Waals surface area (Å²) in [7, 11) is 2.06. The molecule has 0 bridgehead atoms. The summed E-state index contributed by atoms with van der Waals surface area (Å²) in [5.74, 6) is 1.08. The van der Waals surface area contributed by atoms with Crippen molar-refractivity contribution in [2.24, 2.45) is 7.05 Å². The first-order valence-electron chi connectivity index (χ1n) is 13.3. The molecule has 0 aliphatic heterocycles. The van der Waals surface area contributed by atoms with E-state index < -0.39 is 5.97 Å². The van der Waals surface area contributed by atoms with Crippen molar-refractivity contribution in [3.63, 3.8) is 0 Å². The quantitative estimate of drug-likeness (QED) is 0.306. The Bertz CT molecular complexity index is 1860. The van der Waals surface area contributed by atoms with Crippen molar-refractivity contribution in [2.45, 2.75) is 33.2 Å². The minimum atomic E-state index is -0.921. The zero-order valence-corrected chi connectivity index (χ0v) is 25.3. The second kappa shape index (κ2) is 11.4. The molecule has 0 unspecified atom stereocenters. The smallest absolute Gasteiger partial charge is 1.00 e. The van der Waals surface area contributed by atoms with Gasteiger partial charge in [-0.1, -0.05) is 61.5 Å². The Kier molecular flexibility index (Phi) is 7.95. The summed E-state index contributed by atoms with van der Waals surface area (Å²) in [6.45, 7) is 4.98. The third kappa shape index (κ3) is 4.99. The number of fused-ring (bicyclic) bond motifs is 2. The Hall–Kier alpha value is -3.71. The molecule has 2 aromatic heterocycles. The first-order valence-corrected chi connectivity index (χ1v) is 13.3. The number of aryl methyl sites for hydroxylation is 3. The van der Waals surface area contributed by atoms with Crippen LogP contribution in [0.4, 0.5) is 0 Å². The van der Waals surface area contributed by atoms with Crippen LogP contribution >= 0.6 is 0 Å². The molecule has 0 amide bonds. The predicted octanol–water partition coefficient (Wildman–Crippen LogP) is 4.38. The van der Waals surface area contributed by atoms with E-state index in [4.69, 9.17) is 9.97 Å². The van der Waals surface area contributed by atoms with Crippen molar-refractivity contribution in [2.75, 3.05) is 0 Å². The van der Waals surface area contributed by atoms with Crippen molar-refractivity contribution in [1.82, 2.24) is 19.1 Å². The van der Waals surface area contributed by atoms with Gasteiger partial charge in [-0.05, 0) is 65.9 Å². The molecule has 196 valence electrons. The maximum Gasteiger partial charge on any atom is 1.00 e. The first kappa shape index (κ1) is 27.8. The summed E-state index contributed by atoms with van der Waals surface area (Å²) in [4.78, 5) is 21.7. The van der Waals surface area contributed by atoms with Crippen LogP contribution in [-0.2, 0) is 20.0 Å². The second-order valence-electron chi connectivity index (χ2n) is 10.1. The van der Waals surface area contributed by atoms with E-state index >= 15 is 0 Å². The monoisotopic (exact) mass is 538 g/mol. The summed E-state index contributed by atoms with van der Waals surface area (Å²) in [6.07, 6.45) is 1.89. The van der Waals surface area contributed by atoms with Gasteiger partial charge in [0.1, 0.15) is 11.6 Å². The van der Waals surface area contributed by atoms with E-state index in [0.717, 1.165) is 74.4 Å². The number of hydrogen-bond donors (Lipinski definition) is 1. The number of carbonyl (C=O) groups is 1. The van der Waals surface area contributed by atoms with Crippen molar-refractivity contribution < 1.29 is 40.9 Å². The average Bonchev–Trinajstić information content (AvgIpc) is 3.47. The molecule has 0 saturated heterocycles. The zero-order valence-electron chi connectivity index (χ0n) is 24.3. The summed E-state index contributed by atoms with van der Waals surface area (Å²) in [6, 6.07) is 27.9. The maximum absolute atomic E-state index is 11.7. The van der Waals surface area contributed by atoms with E-state index in [2.05, 4.69) is 60.4 Å². The Morgan fingerprint density at radius 3 is 2.35 bits per heavy atom.